The summed E-state index contributed by atoms with van der Waals surface area (Å²) in [5, 5.41) is 10.1. The van der Waals surface area contributed by atoms with Crippen LogP contribution in [0.1, 0.15) is 32.7 Å². The topological polar surface area (TPSA) is 144 Å². The van der Waals surface area contributed by atoms with E-state index in [0.717, 1.165) is 0 Å². The van der Waals surface area contributed by atoms with Crippen LogP contribution in [0.15, 0.2) is 28.4 Å². The van der Waals surface area contributed by atoms with Crippen molar-refractivity contribution in [2.24, 2.45) is 12.5 Å². The van der Waals surface area contributed by atoms with E-state index in [2.05, 4.69) is 35.0 Å². The Morgan fingerprint density at radius 3 is 2.64 bits per heavy atom. The van der Waals surface area contributed by atoms with Crippen LogP contribution in [0, 0.1) is 5.41 Å². The number of aromatic amines is 1. The normalized spacial score (nSPS) is 13.9. The maximum Gasteiger partial charge on any atom is 0.260 e. The van der Waals surface area contributed by atoms with Gasteiger partial charge in [-0.1, -0.05) is 25.9 Å². The quantitative estimate of drug-likeness (QED) is 0.669. The van der Waals surface area contributed by atoms with Gasteiger partial charge in [-0.25, -0.2) is 18.4 Å². The summed E-state index contributed by atoms with van der Waals surface area (Å²) in [5.41, 5.74) is -0.535. The lowest BCUT2D eigenvalue weighted by Crippen LogP contribution is -2.37. The van der Waals surface area contributed by atoms with Gasteiger partial charge >= 0.3 is 0 Å². The molecule has 3 rings (SSSR count). The SMILES string of the molecule is Cn1cnc(S(=O)(=O)NC(c2nc(-c3ncn[nH]3)no2)C(C)(C)C)c1. The van der Waals surface area contributed by atoms with Crippen molar-refractivity contribution in [1.82, 2.24) is 39.6 Å². The van der Waals surface area contributed by atoms with Crippen molar-refractivity contribution >= 4 is 10.0 Å². The van der Waals surface area contributed by atoms with Gasteiger partial charge in [0.1, 0.15) is 12.4 Å². The van der Waals surface area contributed by atoms with Crippen LogP contribution in [0.3, 0.4) is 0 Å². The summed E-state index contributed by atoms with van der Waals surface area (Å²) in [6, 6.07) is -0.760. The van der Waals surface area contributed by atoms with Crippen LogP contribution in [0.4, 0.5) is 0 Å². The maximum atomic E-state index is 12.6. The smallest absolute Gasteiger partial charge is 0.260 e. The van der Waals surface area contributed by atoms with E-state index in [0.29, 0.717) is 5.82 Å². The molecule has 3 aromatic rings. The molecule has 3 aromatic heterocycles. The predicted octanol–water partition coefficient (Wildman–Crippen LogP) is 0.654. The van der Waals surface area contributed by atoms with E-state index in [1.165, 1.54) is 18.9 Å². The average Bonchev–Trinajstić information content (AvgIpc) is 3.24. The zero-order chi connectivity index (χ0) is 18.2. The molecule has 0 fully saturated rings. The molecule has 0 radical (unpaired) electrons. The van der Waals surface area contributed by atoms with Gasteiger partial charge in [0.2, 0.25) is 11.7 Å². The highest BCUT2D eigenvalue weighted by Crippen LogP contribution is 2.33. The lowest BCUT2D eigenvalue weighted by molar-refractivity contribution is 0.236. The Morgan fingerprint density at radius 2 is 2.08 bits per heavy atom. The predicted molar refractivity (Wildman–Crippen MR) is 85.4 cm³/mol. The van der Waals surface area contributed by atoms with Gasteiger partial charge in [-0.05, 0) is 5.41 Å². The molecule has 0 aliphatic carbocycles. The summed E-state index contributed by atoms with van der Waals surface area (Å²) in [4.78, 5) is 12.1. The number of aryl methyl sites for hydroxylation is 1. The Hall–Kier alpha value is -2.60. The lowest BCUT2D eigenvalue weighted by atomic mass is 9.87. The first kappa shape index (κ1) is 17.2. The molecule has 0 bridgehead atoms. The molecule has 0 spiro atoms. The molecular formula is C13H18N8O3S. The van der Waals surface area contributed by atoms with Crippen molar-refractivity contribution < 1.29 is 12.9 Å². The fraction of sp³-hybridized carbons (Fsp3) is 0.462. The molecule has 11 nitrogen and oxygen atoms in total. The highest BCUT2D eigenvalue weighted by molar-refractivity contribution is 7.89. The van der Waals surface area contributed by atoms with Gasteiger partial charge in [0, 0.05) is 13.2 Å². The Labute approximate surface area is 143 Å². The first-order valence-corrected chi connectivity index (χ1v) is 8.85. The summed E-state index contributed by atoms with van der Waals surface area (Å²) in [6.45, 7) is 5.57. The molecule has 2 N–H and O–H groups in total. The largest absolute Gasteiger partial charge is 0.339 e. The van der Waals surface area contributed by atoms with Crippen LogP contribution in [0.25, 0.3) is 11.6 Å². The molecule has 25 heavy (non-hydrogen) atoms. The molecule has 0 saturated heterocycles. The van der Waals surface area contributed by atoms with E-state index in [-0.39, 0.29) is 16.7 Å². The molecule has 12 heteroatoms. The second-order valence-electron chi connectivity index (χ2n) is 6.59. The lowest BCUT2D eigenvalue weighted by Gasteiger charge is -2.27. The van der Waals surface area contributed by atoms with Crippen LogP contribution in [0.2, 0.25) is 0 Å². The standard InChI is InChI=1S/C13H18N8O3S/c1-13(2,3)9(20-25(22,23)8-5-21(4)7-15-8)12-17-11(19-24-12)10-14-6-16-18-10/h5-7,9,20H,1-4H3,(H,14,16,18). The molecule has 3 heterocycles. The Kier molecular flexibility index (Phi) is 4.16. The summed E-state index contributed by atoms with van der Waals surface area (Å²) >= 11 is 0. The number of rotatable bonds is 5. The maximum absolute atomic E-state index is 12.6. The zero-order valence-electron chi connectivity index (χ0n) is 14.1. The molecule has 0 saturated carbocycles. The number of hydrogen-bond acceptors (Lipinski definition) is 8. The number of imidazole rings is 1. The van der Waals surface area contributed by atoms with Gasteiger partial charge < -0.3 is 9.09 Å². The fourth-order valence-corrected chi connectivity index (χ4v) is 3.48. The van der Waals surface area contributed by atoms with Crippen molar-refractivity contribution in [3.8, 4) is 11.6 Å². The average molecular weight is 366 g/mol. The van der Waals surface area contributed by atoms with Gasteiger partial charge in [0.05, 0.1) is 6.33 Å². The van der Waals surface area contributed by atoms with Gasteiger partial charge in [-0.2, -0.15) is 14.8 Å². The van der Waals surface area contributed by atoms with E-state index in [1.807, 2.05) is 20.8 Å². The molecular weight excluding hydrogens is 348 g/mol. The molecule has 0 aliphatic heterocycles. The van der Waals surface area contributed by atoms with Crippen molar-refractivity contribution in [2.75, 3.05) is 0 Å². The van der Waals surface area contributed by atoms with E-state index in [4.69, 9.17) is 4.52 Å². The molecule has 1 atom stereocenters. The second-order valence-corrected chi connectivity index (χ2v) is 8.25. The van der Waals surface area contributed by atoms with Gasteiger partial charge in [0.15, 0.2) is 10.9 Å². The Balaban J connectivity index is 1.94. The number of hydrogen-bond donors (Lipinski definition) is 2. The minimum absolute atomic E-state index is 0.0841. The van der Waals surface area contributed by atoms with Crippen molar-refractivity contribution in [3.05, 3.63) is 24.7 Å². The molecule has 134 valence electrons. The number of nitrogens with zero attached hydrogens (tertiary/aromatic N) is 6. The van der Waals surface area contributed by atoms with Crippen LogP contribution in [-0.2, 0) is 17.1 Å². The number of aromatic nitrogens is 7. The van der Waals surface area contributed by atoms with Crippen LogP contribution in [-0.4, -0.2) is 43.3 Å². The van der Waals surface area contributed by atoms with Gasteiger partial charge in [0.25, 0.3) is 10.0 Å². The van der Waals surface area contributed by atoms with Gasteiger partial charge in [-0.3, -0.25) is 5.10 Å². The van der Waals surface area contributed by atoms with Crippen molar-refractivity contribution in [1.29, 1.82) is 0 Å². The summed E-state index contributed by atoms with van der Waals surface area (Å²) in [7, 11) is -2.17. The summed E-state index contributed by atoms with van der Waals surface area (Å²) < 4.78 is 34.6. The molecule has 0 amide bonds. The summed E-state index contributed by atoms with van der Waals surface area (Å²) in [5.74, 6) is 0.646. The summed E-state index contributed by atoms with van der Waals surface area (Å²) in [6.07, 6.45) is 4.14. The van der Waals surface area contributed by atoms with E-state index >= 15 is 0 Å². The van der Waals surface area contributed by atoms with E-state index in [9.17, 15) is 8.42 Å². The number of H-pyrrole nitrogens is 1. The van der Waals surface area contributed by atoms with Crippen LogP contribution < -0.4 is 4.72 Å². The zero-order valence-corrected chi connectivity index (χ0v) is 14.9. The minimum Gasteiger partial charge on any atom is -0.339 e. The van der Waals surface area contributed by atoms with Crippen molar-refractivity contribution in [2.45, 2.75) is 31.8 Å². The van der Waals surface area contributed by atoms with E-state index < -0.39 is 21.5 Å². The van der Waals surface area contributed by atoms with Crippen LogP contribution >= 0.6 is 0 Å². The monoisotopic (exact) mass is 366 g/mol. The molecule has 1 unspecified atom stereocenters. The third-order valence-electron chi connectivity index (χ3n) is 3.41. The van der Waals surface area contributed by atoms with E-state index in [1.54, 1.807) is 11.6 Å². The molecule has 0 aromatic carbocycles. The third-order valence-corrected chi connectivity index (χ3v) is 4.72. The number of sulfonamides is 1. The highest BCUT2D eigenvalue weighted by Gasteiger charge is 2.36. The number of nitrogens with one attached hydrogen (secondary N) is 2. The Bertz CT molecular complexity index is 952. The van der Waals surface area contributed by atoms with Crippen molar-refractivity contribution in [3.63, 3.8) is 0 Å². The minimum atomic E-state index is -3.86. The fourth-order valence-electron chi connectivity index (χ4n) is 2.10. The Morgan fingerprint density at radius 1 is 1.32 bits per heavy atom. The van der Waals surface area contributed by atoms with Crippen LogP contribution in [0.5, 0.6) is 0 Å². The molecule has 0 aliphatic rings. The van der Waals surface area contributed by atoms with Gasteiger partial charge in [-0.15, -0.1) is 0 Å². The first-order chi connectivity index (χ1) is 11.7. The third kappa shape index (κ3) is 3.58. The first-order valence-electron chi connectivity index (χ1n) is 7.36. The second kappa shape index (κ2) is 6.04. The highest BCUT2D eigenvalue weighted by atomic mass is 32.2.